The average molecular weight is 422 g/mol. The maximum Gasteiger partial charge on any atom is 0.236 e. The van der Waals surface area contributed by atoms with Gasteiger partial charge in [-0.1, -0.05) is 6.08 Å². The van der Waals surface area contributed by atoms with E-state index in [0.29, 0.717) is 37.9 Å². The largest absolute Gasteiger partial charge is 0.378 e. The summed E-state index contributed by atoms with van der Waals surface area (Å²) in [7, 11) is 0. The van der Waals surface area contributed by atoms with Crippen LogP contribution in [0.25, 0.3) is 5.65 Å². The van der Waals surface area contributed by atoms with Gasteiger partial charge >= 0.3 is 0 Å². The number of ether oxygens (including phenoxy) is 1. The number of halogens is 1. The van der Waals surface area contributed by atoms with Crippen LogP contribution in [0.5, 0.6) is 0 Å². The van der Waals surface area contributed by atoms with Gasteiger partial charge in [0, 0.05) is 49.5 Å². The zero-order valence-corrected chi connectivity index (χ0v) is 17.1. The molecule has 0 saturated carbocycles. The summed E-state index contributed by atoms with van der Waals surface area (Å²) in [4.78, 5) is 18.9. The average Bonchev–Trinajstić information content (AvgIpc) is 3.26. The molecule has 31 heavy (non-hydrogen) atoms. The highest BCUT2D eigenvalue weighted by Crippen LogP contribution is 2.24. The van der Waals surface area contributed by atoms with Crippen molar-refractivity contribution in [1.82, 2.24) is 19.4 Å². The fourth-order valence-corrected chi connectivity index (χ4v) is 3.18. The molecule has 1 aliphatic heterocycles. The zero-order chi connectivity index (χ0) is 21.6. The number of anilines is 4. The number of nitrogens with one attached hydrogen (secondary N) is 2. The van der Waals surface area contributed by atoms with Crippen LogP contribution in [-0.2, 0) is 4.74 Å². The molecule has 3 aromatic heterocycles. The van der Waals surface area contributed by atoms with Crippen molar-refractivity contribution in [2.75, 3.05) is 41.8 Å². The molecular formula is C21H23FN8O. The summed E-state index contributed by atoms with van der Waals surface area (Å²) in [5, 5.41) is 6.20. The van der Waals surface area contributed by atoms with Crippen LogP contribution in [-0.4, -0.2) is 52.4 Å². The fourth-order valence-electron chi connectivity index (χ4n) is 3.18. The normalized spacial score (nSPS) is 15.2. The highest BCUT2D eigenvalue weighted by molar-refractivity contribution is 5.65. The zero-order valence-electron chi connectivity index (χ0n) is 17.1. The minimum Gasteiger partial charge on any atom is -0.378 e. The van der Waals surface area contributed by atoms with Crippen LogP contribution in [0.1, 0.15) is 6.92 Å². The molecule has 160 valence electrons. The number of aliphatic imine (C=N–C) groups is 1. The molecule has 9 nitrogen and oxygen atoms in total. The molecular weight excluding hydrogens is 399 g/mol. The standard InChI is InChI=1S/C21H23FN8O/c1-3-4-16(20(22)23-2)26-21-27-17(14-19(28-21)30-9-11-31-12-10-30)25-15-5-7-29-8-6-24-18(29)13-15/h3-8,13-14H,2,9-12H2,1H3,(H2,25,26,27,28)/b4-3-,20-16+. The molecule has 3 aromatic rings. The molecule has 0 radical (unpaired) electrons. The lowest BCUT2D eigenvalue weighted by Crippen LogP contribution is -2.37. The van der Waals surface area contributed by atoms with Gasteiger partial charge in [-0.2, -0.15) is 14.4 Å². The van der Waals surface area contributed by atoms with Gasteiger partial charge in [0.05, 0.1) is 18.9 Å². The van der Waals surface area contributed by atoms with Gasteiger partial charge in [-0.25, -0.2) is 9.98 Å². The molecule has 0 atom stereocenters. The number of nitrogens with zero attached hydrogens (tertiary/aromatic N) is 6. The van der Waals surface area contributed by atoms with Gasteiger partial charge in [0.25, 0.3) is 0 Å². The first-order chi connectivity index (χ1) is 15.2. The molecule has 10 heteroatoms. The van der Waals surface area contributed by atoms with E-state index >= 15 is 0 Å². The number of hydrogen-bond acceptors (Lipinski definition) is 8. The molecule has 0 spiro atoms. The summed E-state index contributed by atoms with van der Waals surface area (Å²) in [5.74, 6) is 0.761. The second kappa shape index (κ2) is 9.35. The SMILES string of the molecule is C=N/C(F)=C(\C=C/C)Nc1nc(Nc2ccn3ccnc3c2)cc(N2CCOCC2)n1. The van der Waals surface area contributed by atoms with Gasteiger partial charge in [-0.3, -0.25) is 0 Å². The van der Waals surface area contributed by atoms with E-state index in [1.807, 2.05) is 35.0 Å². The molecule has 0 amide bonds. The molecule has 1 saturated heterocycles. The highest BCUT2D eigenvalue weighted by Gasteiger charge is 2.16. The van der Waals surface area contributed by atoms with Crippen LogP contribution in [0.2, 0.25) is 0 Å². The number of imidazole rings is 1. The van der Waals surface area contributed by atoms with Gasteiger partial charge in [0.1, 0.15) is 17.3 Å². The van der Waals surface area contributed by atoms with E-state index in [-0.39, 0.29) is 11.6 Å². The first-order valence-corrected chi connectivity index (χ1v) is 9.84. The Morgan fingerprint density at radius 3 is 2.87 bits per heavy atom. The summed E-state index contributed by atoms with van der Waals surface area (Å²) < 4.78 is 21.5. The van der Waals surface area contributed by atoms with Crippen molar-refractivity contribution < 1.29 is 9.13 Å². The summed E-state index contributed by atoms with van der Waals surface area (Å²) in [6.07, 6.45) is 8.76. The van der Waals surface area contributed by atoms with Crippen LogP contribution in [0.4, 0.5) is 27.7 Å². The number of pyridine rings is 1. The maximum atomic E-state index is 14.1. The first-order valence-electron chi connectivity index (χ1n) is 9.84. The molecule has 1 aliphatic rings. The molecule has 2 N–H and O–H groups in total. The third-order valence-corrected chi connectivity index (χ3v) is 4.66. The lowest BCUT2D eigenvalue weighted by molar-refractivity contribution is 0.122. The molecule has 4 rings (SSSR count). The van der Waals surface area contributed by atoms with Crippen LogP contribution < -0.4 is 15.5 Å². The van der Waals surface area contributed by atoms with Crippen molar-refractivity contribution in [1.29, 1.82) is 0 Å². The maximum absolute atomic E-state index is 14.1. The van der Waals surface area contributed by atoms with Gasteiger partial charge in [-0.05, 0) is 25.8 Å². The number of morpholine rings is 1. The van der Waals surface area contributed by atoms with Crippen molar-refractivity contribution in [2.45, 2.75) is 6.92 Å². The van der Waals surface area contributed by atoms with E-state index in [4.69, 9.17) is 4.74 Å². The Hall–Kier alpha value is -3.79. The number of allylic oxidation sites excluding steroid dienone is 2. The van der Waals surface area contributed by atoms with E-state index < -0.39 is 5.95 Å². The number of fused-ring (bicyclic) bond motifs is 1. The Morgan fingerprint density at radius 2 is 2.10 bits per heavy atom. The Labute approximate surface area is 179 Å². The highest BCUT2D eigenvalue weighted by atomic mass is 19.1. The summed E-state index contributed by atoms with van der Waals surface area (Å²) in [6.45, 7) is 7.67. The first kappa shape index (κ1) is 20.5. The van der Waals surface area contributed by atoms with Gasteiger partial charge in [-0.15, -0.1) is 0 Å². The quantitative estimate of drug-likeness (QED) is 0.342. The van der Waals surface area contributed by atoms with Crippen molar-refractivity contribution in [3.8, 4) is 0 Å². The molecule has 0 aliphatic carbocycles. The third-order valence-electron chi connectivity index (χ3n) is 4.66. The monoisotopic (exact) mass is 422 g/mol. The Morgan fingerprint density at radius 1 is 1.26 bits per heavy atom. The van der Waals surface area contributed by atoms with Gasteiger partial charge in [0.2, 0.25) is 11.9 Å². The molecule has 0 unspecified atom stereocenters. The summed E-state index contributed by atoms with van der Waals surface area (Å²) in [5.41, 5.74) is 1.75. The number of aromatic nitrogens is 4. The van der Waals surface area contributed by atoms with Crippen LogP contribution in [0.15, 0.2) is 65.6 Å². The predicted octanol–water partition coefficient (Wildman–Crippen LogP) is 3.53. The predicted molar refractivity (Wildman–Crippen MR) is 120 cm³/mol. The topological polar surface area (TPSA) is 92.0 Å². The van der Waals surface area contributed by atoms with Gasteiger partial charge < -0.3 is 24.7 Å². The third kappa shape index (κ3) is 4.86. The van der Waals surface area contributed by atoms with E-state index in [1.165, 1.54) is 0 Å². The second-order valence-electron chi connectivity index (χ2n) is 6.76. The van der Waals surface area contributed by atoms with E-state index in [0.717, 1.165) is 11.3 Å². The molecule has 1 fully saturated rings. The van der Waals surface area contributed by atoms with E-state index in [9.17, 15) is 4.39 Å². The van der Waals surface area contributed by atoms with Crippen molar-refractivity contribution in [3.63, 3.8) is 0 Å². The Bertz CT molecular complexity index is 1130. The van der Waals surface area contributed by atoms with E-state index in [1.54, 1.807) is 25.3 Å². The summed E-state index contributed by atoms with van der Waals surface area (Å²) in [6, 6.07) is 5.69. The van der Waals surface area contributed by atoms with Crippen LogP contribution in [0, 0.1) is 0 Å². The molecule has 4 heterocycles. The van der Waals surface area contributed by atoms with Crippen LogP contribution >= 0.6 is 0 Å². The minimum atomic E-state index is -0.738. The number of rotatable bonds is 7. The minimum absolute atomic E-state index is 0.126. The fraction of sp³-hybridized carbons (Fsp3) is 0.238. The van der Waals surface area contributed by atoms with E-state index in [2.05, 4.69) is 42.2 Å². The van der Waals surface area contributed by atoms with Crippen molar-refractivity contribution in [3.05, 3.63) is 60.6 Å². The van der Waals surface area contributed by atoms with Gasteiger partial charge in [0.15, 0.2) is 0 Å². The lowest BCUT2D eigenvalue weighted by atomic mass is 10.3. The van der Waals surface area contributed by atoms with Crippen molar-refractivity contribution in [2.24, 2.45) is 4.99 Å². The lowest BCUT2D eigenvalue weighted by Gasteiger charge is -2.28. The van der Waals surface area contributed by atoms with Crippen molar-refractivity contribution >= 4 is 35.6 Å². The van der Waals surface area contributed by atoms with Crippen LogP contribution in [0.3, 0.4) is 0 Å². The molecule has 0 aromatic carbocycles. The Kier molecular flexibility index (Phi) is 6.18. The Balaban J connectivity index is 1.69. The number of hydrogen-bond donors (Lipinski definition) is 2. The second-order valence-corrected chi connectivity index (χ2v) is 6.76. The molecule has 0 bridgehead atoms. The smallest absolute Gasteiger partial charge is 0.236 e. The summed E-state index contributed by atoms with van der Waals surface area (Å²) >= 11 is 0.